The first-order valence-electron chi connectivity index (χ1n) is 6.10. The highest BCUT2D eigenvalue weighted by Crippen LogP contribution is 2.43. The summed E-state index contributed by atoms with van der Waals surface area (Å²) >= 11 is 0. The molecule has 1 unspecified atom stereocenters. The zero-order valence-electron chi connectivity index (χ0n) is 10.6. The summed E-state index contributed by atoms with van der Waals surface area (Å²) in [6.45, 7) is 3.97. The minimum atomic E-state index is -0.867. The average Bonchev–Trinajstić information content (AvgIpc) is 2.20. The molecule has 0 aromatic heterocycles. The Morgan fingerprint density at radius 1 is 1.47 bits per heavy atom. The van der Waals surface area contributed by atoms with E-state index in [1.165, 1.54) is 0 Å². The van der Waals surface area contributed by atoms with Crippen molar-refractivity contribution in [1.82, 2.24) is 5.32 Å². The number of carbonyl (C=O) groups is 2. The lowest BCUT2D eigenvalue weighted by Gasteiger charge is -2.41. The minimum absolute atomic E-state index is 0.126. The van der Waals surface area contributed by atoms with Gasteiger partial charge in [-0.05, 0) is 31.6 Å². The molecule has 5 heteroatoms. The van der Waals surface area contributed by atoms with Crippen molar-refractivity contribution < 1.29 is 14.7 Å². The molecule has 17 heavy (non-hydrogen) atoms. The Hall–Kier alpha value is -1.10. The fourth-order valence-corrected chi connectivity index (χ4v) is 2.04. The molecular weight excluding hydrogens is 220 g/mol. The molecule has 0 aromatic carbocycles. The molecule has 1 saturated carbocycles. The van der Waals surface area contributed by atoms with E-state index in [9.17, 15) is 9.59 Å². The second-order valence-electron chi connectivity index (χ2n) is 5.38. The first kappa shape index (κ1) is 14.0. The lowest BCUT2D eigenvalue weighted by molar-refractivity contribution is -0.142. The molecule has 0 saturated heterocycles. The van der Waals surface area contributed by atoms with Gasteiger partial charge in [0.05, 0.1) is 12.0 Å². The molecule has 1 aliphatic rings. The fourth-order valence-electron chi connectivity index (χ4n) is 2.04. The van der Waals surface area contributed by atoms with Crippen molar-refractivity contribution in [2.45, 2.75) is 51.5 Å². The van der Waals surface area contributed by atoms with Crippen molar-refractivity contribution in [3.05, 3.63) is 0 Å². The van der Waals surface area contributed by atoms with Crippen molar-refractivity contribution >= 4 is 11.9 Å². The van der Waals surface area contributed by atoms with Crippen molar-refractivity contribution in [3.63, 3.8) is 0 Å². The molecule has 0 spiro atoms. The summed E-state index contributed by atoms with van der Waals surface area (Å²) < 4.78 is 0. The second kappa shape index (κ2) is 5.04. The molecule has 0 heterocycles. The van der Waals surface area contributed by atoms with Crippen LogP contribution in [0.3, 0.4) is 0 Å². The molecular formula is C12H22N2O3. The van der Waals surface area contributed by atoms with E-state index in [2.05, 4.69) is 5.32 Å². The van der Waals surface area contributed by atoms with Gasteiger partial charge in [0, 0.05) is 6.54 Å². The molecule has 98 valence electrons. The van der Waals surface area contributed by atoms with E-state index in [1.807, 2.05) is 6.92 Å². The lowest BCUT2D eigenvalue weighted by Crippen LogP contribution is -2.54. The molecule has 1 rings (SSSR count). The van der Waals surface area contributed by atoms with Gasteiger partial charge < -0.3 is 16.2 Å². The maximum atomic E-state index is 11.8. The van der Waals surface area contributed by atoms with Gasteiger partial charge in [-0.15, -0.1) is 0 Å². The monoisotopic (exact) mass is 242 g/mol. The Labute approximate surface area is 102 Å². The van der Waals surface area contributed by atoms with E-state index in [0.717, 1.165) is 19.3 Å². The van der Waals surface area contributed by atoms with Crippen molar-refractivity contribution in [3.8, 4) is 0 Å². The Balaban J connectivity index is 2.49. The summed E-state index contributed by atoms with van der Waals surface area (Å²) in [5, 5.41) is 11.6. The smallest absolute Gasteiger partial charge is 0.303 e. The highest BCUT2D eigenvalue weighted by molar-refractivity contribution is 5.85. The average molecular weight is 242 g/mol. The van der Waals surface area contributed by atoms with Crippen LogP contribution in [-0.2, 0) is 9.59 Å². The Morgan fingerprint density at radius 3 is 2.41 bits per heavy atom. The van der Waals surface area contributed by atoms with Gasteiger partial charge in [-0.25, -0.2) is 0 Å². The molecule has 0 bridgehead atoms. The van der Waals surface area contributed by atoms with Crippen LogP contribution in [0.5, 0.6) is 0 Å². The lowest BCUT2D eigenvalue weighted by atomic mass is 9.66. The summed E-state index contributed by atoms with van der Waals surface area (Å²) in [6.07, 6.45) is 3.46. The van der Waals surface area contributed by atoms with E-state index in [1.54, 1.807) is 6.92 Å². The van der Waals surface area contributed by atoms with Crippen LogP contribution in [0.1, 0.15) is 46.0 Å². The third-order valence-electron chi connectivity index (χ3n) is 3.82. The molecule has 0 aromatic rings. The Bertz CT molecular complexity index is 309. The first-order valence-corrected chi connectivity index (χ1v) is 6.10. The van der Waals surface area contributed by atoms with Gasteiger partial charge in [0.15, 0.2) is 0 Å². The van der Waals surface area contributed by atoms with Gasteiger partial charge >= 0.3 is 5.97 Å². The van der Waals surface area contributed by atoms with Crippen LogP contribution in [0.25, 0.3) is 0 Å². The first-order chi connectivity index (χ1) is 7.81. The number of amides is 1. The number of hydrogen-bond acceptors (Lipinski definition) is 3. The number of carboxylic acid groups (broad SMARTS) is 1. The third kappa shape index (κ3) is 3.43. The van der Waals surface area contributed by atoms with Gasteiger partial charge in [0.2, 0.25) is 5.91 Å². The Morgan fingerprint density at radius 2 is 2.06 bits per heavy atom. The van der Waals surface area contributed by atoms with E-state index in [4.69, 9.17) is 10.8 Å². The number of nitrogens with one attached hydrogen (secondary N) is 1. The Kier molecular flexibility index (Phi) is 4.14. The number of aliphatic carboxylic acids is 1. The van der Waals surface area contributed by atoms with Crippen LogP contribution in [0.2, 0.25) is 0 Å². The largest absolute Gasteiger partial charge is 0.481 e. The third-order valence-corrected chi connectivity index (χ3v) is 3.82. The van der Waals surface area contributed by atoms with Gasteiger partial charge in [0.1, 0.15) is 0 Å². The number of nitrogens with two attached hydrogens (primary N) is 1. The van der Waals surface area contributed by atoms with Crippen LogP contribution in [0, 0.1) is 5.41 Å². The van der Waals surface area contributed by atoms with Crippen LogP contribution in [-0.4, -0.2) is 29.1 Å². The number of carbonyl (C=O) groups excluding carboxylic acids is 1. The van der Waals surface area contributed by atoms with Gasteiger partial charge in [0.25, 0.3) is 0 Å². The van der Waals surface area contributed by atoms with Crippen LogP contribution in [0.4, 0.5) is 0 Å². The normalized spacial score (nSPS) is 21.1. The zero-order valence-corrected chi connectivity index (χ0v) is 10.6. The van der Waals surface area contributed by atoms with Crippen LogP contribution < -0.4 is 11.1 Å². The summed E-state index contributed by atoms with van der Waals surface area (Å²) in [5.41, 5.74) is 4.71. The van der Waals surface area contributed by atoms with Gasteiger partial charge in [-0.3, -0.25) is 9.59 Å². The predicted molar refractivity (Wildman–Crippen MR) is 64.4 cm³/mol. The van der Waals surface area contributed by atoms with Gasteiger partial charge in [-0.1, -0.05) is 13.3 Å². The second-order valence-corrected chi connectivity index (χ2v) is 5.38. The van der Waals surface area contributed by atoms with E-state index < -0.39 is 11.5 Å². The molecule has 4 N–H and O–H groups in total. The quantitative estimate of drug-likeness (QED) is 0.644. The fraction of sp³-hybridized carbons (Fsp3) is 0.833. The minimum Gasteiger partial charge on any atom is -0.481 e. The van der Waals surface area contributed by atoms with E-state index >= 15 is 0 Å². The summed E-state index contributed by atoms with van der Waals surface area (Å²) in [4.78, 5) is 22.6. The number of carboxylic acids is 1. The summed E-state index contributed by atoms with van der Waals surface area (Å²) in [5.74, 6) is -0.999. The SMILES string of the molecule is CCC(C)(N)C(=O)NCC1(CC(=O)O)CCC1. The number of rotatable bonds is 6. The number of hydrogen-bond donors (Lipinski definition) is 3. The molecule has 1 atom stereocenters. The molecule has 1 aliphatic carbocycles. The predicted octanol–water partition coefficient (Wildman–Crippen LogP) is 0.875. The van der Waals surface area contributed by atoms with Gasteiger partial charge in [-0.2, -0.15) is 0 Å². The summed E-state index contributed by atoms with van der Waals surface area (Å²) in [6, 6.07) is 0. The van der Waals surface area contributed by atoms with E-state index in [-0.39, 0.29) is 17.7 Å². The van der Waals surface area contributed by atoms with Crippen molar-refractivity contribution in [2.75, 3.05) is 6.54 Å². The molecule has 1 amide bonds. The topological polar surface area (TPSA) is 92.4 Å². The van der Waals surface area contributed by atoms with E-state index in [0.29, 0.717) is 13.0 Å². The molecule has 0 aliphatic heterocycles. The highest BCUT2D eigenvalue weighted by Gasteiger charge is 2.40. The molecule has 5 nitrogen and oxygen atoms in total. The highest BCUT2D eigenvalue weighted by atomic mass is 16.4. The zero-order chi connectivity index (χ0) is 13.1. The molecule has 1 fully saturated rings. The standard InChI is InChI=1S/C12H22N2O3/c1-3-11(2,13)10(17)14-8-12(5-4-6-12)7-9(15)16/h3-8,13H2,1-2H3,(H,14,17)(H,15,16). The van der Waals surface area contributed by atoms with Crippen molar-refractivity contribution in [1.29, 1.82) is 0 Å². The summed E-state index contributed by atoms with van der Waals surface area (Å²) in [7, 11) is 0. The molecule has 0 radical (unpaired) electrons. The van der Waals surface area contributed by atoms with Crippen LogP contribution in [0.15, 0.2) is 0 Å². The maximum absolute atomic E-state index is 11.8. The van der Waals surface area contributed by atoms with Crippen LogP contribution >= 0.6 is 0 Å². The van der Waals surface area contributed by atoms with Crippen molar-refractivity contribution in [2.24, 2.45) is 11.1 Å². The maximum Gasteiger partial charge on any atom is 0.303 e.